The summed E-state index contributed by atoms with van der Waals surface area (Å²) in [6, 6.07) is 4.60. The van der Waals surface area contributed by atoms with E-state index in [2.05, 4.69) is 4.98 Å². The van der Waals surface area contributed by atoms with Gasteiger partial charge in [-0.15, -0.1) is 0 Å². The number of aryl methyl sites for hydroxylation is 1. The lowest BCUT2D eigenvalue weighted by Gasteiger charge is -2.15. The van der Waals surface area contributed by atoms with Crippen LogP contribution in [0.5, 0.6) is 5.75 Å². The lowest BCUT2D eigenvalue weighted by Crippen LogP contribution is -2.18. The van der Waals surface area contributed by atoms with Gasteiger partial charge >= 0.3 is 0 Å². The summed E-state index contributed by atoms with van der Waals surface area (Å²) in [5.41, 5.74) is 5.31. The Labute approximate surface area is 114 Å². The molecule has 6 heteroatoms. The molecule has 0 radical (unpaired) electrons. The minimum atomic E-state index is -0.645. The van der Waals surface area contributed by atoms with E-state index in [9.17, 15) is 14.7 Å². The highest BCUT2D eigenvalue weighted by Gasteiger charge is 2.24. The first kappa shape index (κ1) is 13.8. The molecule has 2 aromatic heterocycles. The quantitative estimate of drug-likeness (QED) is 0.866. The Morgan fingerprint density at radius 3 is 2.90 bits per heavy atom. The van der Waals surface area contributed by atoms with Crippen molar-refractivity contribution in [1.29, 1.82) is 0 Å². The van der Waals surface area contributed by atoms with E-state index in [-0.39, 0.29) is 12.2 Å². The molecule has 0 fully saturated rings. The van der Waals surface area contributed by atoms with Gasteiger partial charge in [-0.3, -0.25) is 14.6 Å². The number of nitrogens with two attached hydrogens (primary N) is 1. The van der Waals surface area contributed by atoms with Crippen molar-refractivity contribution in [2.75, 3.05) is 0 Å². The van der Waals surface area contributed by atoms with Crippen LogP contribution in [0.25, 0.3) is 0 Å². The number of aromatic nitrogens is 1. The van der Waals surface area contributed by atoms with E-state index in [0.29, 0.717) is 11.3 Å². The third-order valence-corrected chi connectivity index (χ3v) is 2.88. The molecule has 0 unspecified atom stereocenters. The van der Waals surface area contributed by atoms with Crippen molar-refractivity contribution in [2.24, 2.45) is 5.73 Å². The van der Waals surface area contributed by atoms with Crippen LogP contribution >= 0.6 is 0 Å². The zero-order valence-corrected chi connectivity index (χ0v) is 10.9. The van der Waals surface area contributed by atoms with Crippen LogP contribution in [0, 0.1) is 6.92 Å². The first-order valence-electron chi connectivity index (χ1n) is 6.01. The minimum Gasteiger partial charge on any atom is -0.502 e. The summed E-state index contributed by atoms with van der Waals surface area (Å²) in [6.07, 6.45) is 3.03. The van der Waals surface area contributed by atoms with Crippen LogP contribution in [-0.2, 0) is 4.79 Å². The van der Waals surface area contributed by atoms with Gasteiger partial charge in [0, 0.05) is 24.9 Å². The van der Waals surface area contributed by atoms with Gasteiger partial charge in [-0.05, 0) is 18.6 Å². The van der Waals surface area contributed by atoms with Crippen LogP contribution in [0.1, 0.15) is 29.4 Å². The van der Waals surface area contributed by atoms with Crippen LogP contribution in [0.3, 0.4) is 0 Å². The fraction of sp³-hybridized carbons (Fsp3) is 0.214. The van der Waals surface area contributed by atoms with Gasteiger partial charge < -0.3 is 15.3 Å². The van der Waals surface area contributed by atoms with E-state index >= 15 is 0 Å². The van der Waals surface area contributed by atoms with E-state index in [1.165, 1.54) is 12.3 Å². The predicted molar refractivity (Wildman–Crippen MR) is 71.3 cm³/mol. The molecule has 0 aliphatic carbocycles. The smallest absolute Gasteiger partial charge is 0.227 e. The largest absolute Gasteiger partial charge is 0.502 e. The molecule has 1 atom stereocenters. The molecule has 1 amide bonds. The first-order valence-corrected chi connectivity index (χ1v) is 6.01. The van der Waals surface area contributed by atoms with Crippen LogP contribution < -0.4 is 11.2 Å². The molecule has 3 N–H and O–H groups in total. The Balaban J connectivity index is 2.58. The summed E-state index contributed by atoms with van der Waals surface area (Å²) in [5, 5.41) is 9.89. The van der Waals surface area contributed by atoms with Gasteiger partial charge in [-0.2, -0.15) is 0 Å². The molecule has 2 aromatic rings. The topological polar surface area (TPSA) is 106 Å². The van der Waals surface area contributed by atoms with E-state index < -0.39 is 23.0 Å². The van der Waals surface area contributed by atoms with Gasteiger partial charge in [-0.1, -0.05) is 6.07 Å². The van der Waals surface area contributed by atoms with Crippen LogP contribution in [-0.4, -0.2) is 16.0 Å². The second kappa shape index (κ2) is 5.56. The standard InChI is InChI=1S/C14H14N2O4/c1-8-5-11(17)13(19)14(20-8)10(6-12(15)18)9-3-2-4-16-7-9/h2-5,7,10,19H,6H2,1H3,(H2,15,18)/t10-/m1/s1. The minimum absolute atomic E-state index is 0.0294. The maximum absolute atomic E-state index is 11.6. The summed E-state index contributed by atoms with van der Waals surface area (Å²) >= 11 is 0. The molecule has 0 saturated carbocycles. The Hall–Kier alpha value is -2.63. The Kier molecular flexibility index (Phi) is 3.84. The summed E-state index contributed by atoms with van der Waals surface area (Å²) in [4.78, 5) is 26.8. The molecule has 0 aliphatic heterocycles. The number of hydrogen-bond acceptors (Lipinski definition) is 5. The average molecular weight is 274 g/mol. The molecule has 104 valence electrons. The van der Waals surface area contributed by atoms with Crippen molar-refractivity contribution in [3.63, 3.8) is 0 Å². The number of carbonyl (C=O) groups excluding carboxylic acids is 1. The Bertz CT molecular complexity index is 679. The van der Waals surface area contributed by atoms with Gasteiger partial charge in [0.15, 0.2) is 5.76 Å². The Morgan fingerprint density at radius 1 is 1.55 bits per heavy atom. The van der Waals surface area contributed by atoms with Crippen molar-refractivity contribution in [1.82, 2.24) is 4.98 Å². The molecular weight excluding hydrogens is 260 g/mol. The SMILES string of the molecule is Cc1cc(=O)c(O)c([C@H](CC(N)=O)c2cccnc2)o1. The lowest BCUT2D eigenvalue weighted by molar-refractivity contribution is -0.118. The normalized spacial score (nSPS) is 12.1. The van der Waals surface area contributed by atoms with Gasteiger partial charge in [0.05, 0.1) is 5.92 Å². The van der Waals surface area contributed by atoms with Crippen LogP contribution in [0.15, 0.2) is 39.8 Å². The molecule has 2 heterocycles. The molecule has 0 bridgehead atoms. The maximum atomic E-state index is 11.6. The lowest BCUT2D eigenvalue weighted by atomic mass is 9.93. The average Bonchev–Trinajstić information content (AvgIpc) is 2.41. The number of rotatable bonds is 4. The molecule has 2 rings (SSSR count). The van der Waals surface area contributed by atoms with E-state index in [0.717, 1.165) is 0 Å². The fourth-order valence-electron chi connectivity index (χ4n) is 2.01. The number of hydrogen-bond donors (Lipinski definition) is 2. The second-order valence-corrected chi connectivity index (χ2v) is 4.44. The number of aromatic hydroxyl groups is 1. The predicted octanol–water partition coefficient (Wildman–Crippen LogP) is 1.06. The highest BCUT2D eigenvalue weighted by Crippen LogP contribution is 2.32. The molecule has 0 aliphatic rings. The summed E-state index contributed by atoms with van der Waals surface area (Å²) in [5.74, 6) is -1.34. The third-order valence-electron chi connectivity index (χ3n) is 2.88. The number of carbonyl (C=O) groups is 1. The molecular formula is C14H14N2O4. The molecule has 6 nitrogen and oxygen atoms in total. The highest BCUT2D eigenvalue weighted by atomic mass is 16.4. The zero-order valence-electron chi connectivity index (χ0n) is 10.9. The summed E-state index contributed by atoms with van der Waals surface area (Å²) < 4.78 is 5.42. The van der Waals surface area contributed by atoms with Crippen molar-refractivity contribution in [3.8, 4) is 5.75 Å². The second-order valence-electron chi connectivity index (χ2n) is 4.44. The van der Waals surface area contributed by atoms with Crippen molar-refractivity contribution in [2.45, 2.75) is 19.3 Å². The molecule has 0 spiro atoms. The van der Waals surface area contributed by atoms with E-state index in [1.807, 2.05) is 0 Å². The van der Waals surface area contributed by atoms with Crippen molar-refractivity contribution >= 4 is 5.91 Å². The highest BCUT2D eigenvalue weighted by molar-refractivity contribution is 5.75. The van der Waals surface area contributed by atoms with Crippen molar-refractivity contribution < 1.29 is 14.3 Å². The van der Waals surface area contributed by atoms with Crippen LogP contribution in [0.4, 0.5) is 0 Å². The number of pyridine rings is 1. The zero-order chi connectivity index (χ0) is 14.7. The van der Waals surface area contributed by atoms with Gasteiger partial charge in [0.1, 0.15) is 5.76 Å². The van der Waals surface area contributed by atoms with E-state index in [4.69, 9.17) is 10.2 Å². The maximum Gasteiger partial charge on any atom is 0.227 e. The van der Waals surface area contributed by atoms with Crippen molar-refractivity contribution in [3.05, 3.63) is 57.9 Å². The summed E-state index contributed by atoms with van der Waals surface area (Å²) in [7, 11) is 0. The van der Waals surface area contributed by atoms with E-state index in [1.54, 1.807) is 25.3 Å². The molecule has 0 aromatic carbocycles. The summed E-state index contributed by atoms with van der Waals surface area (Å²) in [6.45, 7) is 1.59. The monoisotopic (exact) mass is 274 g/mol. The molecule has 20 heavy (non-hydrogen) atoms. The first-order chi connectivity index (χ1) is 9.49. The van der Waals surface area contributed by atoms with Crippen LogP contribution in [0.2, 0.25) is 0 Å². The number of nitrogens with zero attached hydrogens (tertiary/aromatic N) is 1. The molecule has 0 saturated heterocycles. The third kappa shape index (κ3) is 2.85. The number of amides is 1. The van der Waals surface area contributed by atoms with Gasteiger partial charge in [0.25, 0.3) is 0 Å². The van der Waals surface area contributed by atoms with Gasteiger partial charge in [0.2, 0.25) is 17.1 Å². The fourth-order valence-corrected chi connectivity index (χ4v) is 2.01. The number of primary amides is 1. The Morgan fingerprint density at radius 2 is 2.30 bits per heavy atom. The van der Waals surface area contributed by atoms with Gasteiger partial charge in [-0.25, -0.2) is 0 Å².